The van der Waals surface area contributed by atoms with Gasteiger partial charge in [0.05, 0.1) is 4.92 Å². The molecule has 0 saturated heterocycles. The van der Waals surface area contributed by atoms with E-state index in [2.05, 4.69) is 5.32 Å². The fourth-order valence-corrected chi connectivity index (χ4v) is 2.21. The van der Waals surface area contributed by atoms with Crippen LogP contribution in [0.15, 0.2) is 36.4 Å². The summed E-state index contributed by atoms with van der Waals surface area (Å²) >= 11 is 5.73. The van der Waals surface area contributed by atoms with Gasteiger partial charge in [-0.2, -0.15) is 0 Å². The van der Waals surface area contributed by atoms with Gasteiger partial charge in [0.2, 0.25) is 0 Å². The van der Waals surface area contributed by atoms with Crippen molar-refractivity contribution in [2.75, 3.05) is 6.61 Å². The Morgan fingerprint density at radius 1 is 1.27 bits per heavy atom. The van der Waals surface area contributed by atoms with Gasteiger partial charge >= 0.3 is 5.97 Å². The van der Waals surface area contributed by atoms with E-state index in [0.29, 0.717) is 11.1 Å². The number of halogens is 2. The first-order chi connectivity index (χ1) is 12.3. The van der Waals surface area contributed by atoms with E-state index in [1.165, 1.54) is 12.1 Å². The maximum absolute atomic E-state index is 13.4. The van der Waals surface area contributed by atoms with Gasteiger partial charge in [-0.3, -0.25) is 14.9 Å². The molecule has 0 unspecified atom stereocenters. The summed E-state index contributed by atoms with van der Waals surface area (Å²) in [7, 11) is 0. The number of aryl methyl sites for hydroxylation is 1. The number of rotatable bonds is 6. The van der Waals surface area contributed by atoms with E-state index in [4.69, 9.17) is 16.3 Å². The molecule has 0 atom stereocenters. The summed E-state index contributed by atoms with van der Waals surface area (Å²) < 4.78 is 18.2. The summed E-state index contributed by atoms with van der Waals surface area (Å²) in [5.74, 6) is -2.07. The third-order valence-electron chi connectivity index (χ3n) is 3.44. The van der Waals surface area contributed by atoms with E-state index in [1.807, 2.05) is 0 Å². The van der Waals surface area contributed by atoms with Crippen molar-refractivity contribution in [3.63, 3.8) is 0 Å². The molecular weight excluding hydrogens is 367 g/mol. The van der Waals surface area contributed by atoms with Gasteiger partial charge in [-0.25, -0.2) is 9.18 Å². The molecule has 2 aromatic carbocycles. The summed E-state index contributed by atoms with van der Waals surface area (Å²) in [5, 5.41) is 13.5. The fourth-order valence-electron chi connectivity index (χ4n) is 2.04. The molecule has 0 fully saturated rings. The number of amides is 1. The van der Waals surface area contributed by atoms with Crippen molar-refractivity contribution >= 4 is 29.2 Å². The van der Waals surface area contributed by atoms with Crippen LogP contribution >= 0.6 is 11.6 Å². The molecule has 0 heterocycles. The van der Waals surface area contributed by atoms with Crippen molar-refractivity contribution in [1.29, 1.82) is 0 Å². The van der Waals surface area contributed by atoms with Crippen molar-refractivity contribution in [3.05, 3.63) is 74.0 Å². The van der Waals surface area contributed by atoms with Gasteiger partial charge in [-0.15, -0.1) is 0 Å². The normalized spacial score (nSPS) is 10.3. The van der Waals surface area contributed by atoms with Crippen LogP contribution in [0.1, 0.15) is 21.5 Å². The Kier molecular flexibility index (Phi) is 6.24. The zero-order valence-corrected chi connectivity index (χ0v) is 14.4. The van der Waals surface area contributed by atoms with Crippen LogP contribution < -0.4 is 5.32 Å². The highest BCUT2D eigenvalue weighted by Crippen LogP contribution is 2.23. The van der Waals surface area contributed by atoms with Crippen LogP contribution in [0.25, 0.3) is 0 Å². The van der Waals surface area contributed by atoms with Crippen LogP contribution in [-0.4, -0.2) is 23.4 Å². The van der Waals surface area contributed by atoms with E-state index in [0.717, 1.165) is 12.1 Å². The first-order valence-electron chi connectivity index (χ1n) is 7.40. The number of hydrogen-bond donors (Lipinski definition) is 1. The summed E-state index contributed by atoms with van der Waals surface area (Å²) in [6.45, 7) is 1.02. The van der Waals surface area contributed by atoms with Crippen molar-refractivity contribution in [1.82, 2.24) is 5.32 Å². The first kappa shape index (κ1) is 19.3. The molecule has 2 aromatic rings. The third-order valence-corrected chi connectivity index (χ3v) is 3.67. The van der Waals surface area contributed by atoms with Gasteiger partial charge in [-0.1, -0.05) is 23.7 Å². The van der Waals surface area contributed by atoms with Crippen molar-refractivity contribution in [2.24, 2.45) is 0 Å². The molecule has 1 amide bonds. The quantitative estimate of drug-likeness (QED) is 0.471. The predicted octanol–water partition coefficient (Wildman–Crippen LogP) is 3.17. The van der Waals surface area contributed by atoms with Crippen LogP contribution in [0, 0.1) is 22.9 Å². The van der Waals surface area contributed by atoms with Crippen molar-refractivity contribution in [3.8, 4) is 0 Å². The molecular formula is C17H14ClFN2O5. The highest BCUT2D eigenvalue weighted by Gasteiger charge is 2.22. The van der Waals surface area contributed by atoms with Gasteiger partial charge in [0.25, 0.3) is 11.6 Å². The number of hydrogen-bond acceptors (Lipinski definition) is 5. The monoisotopic (exact) mass is 380 g/mol. The zero-order valence-electron chi connectivity index (χ0n) is 13.6. The molecule has 136 valence electrons. The Bertz CT molecular complexity index is 872. The van der Waals surface area contributed by atoms with Crippen LogP contribution in [-0.2, 0) is 16.1 Å². The molecule has 0 spiro atoms. The van der Waals surface area contributed by atoms with E-state index < -0.39 is 34.9 Å². The lowest BCUT2D eigenvalue weighted by molar-refractivity contribution is -0.385. The number of carbonyl (C=O) groups is 2. The Balaban J connectivity index is 1.93. The largest absolute Gasteiger partial charge is 0.452 e. The number of nitrogens with one attached hydrogen (secondary N) is 1. The summed E-state index contributed by atoms with van der Waals surface area (Å²) in [6, 6.07) is 7.95. The minimum Gasteiger partial charge on any atom is -0.452 e. The lowest BCUT2D eigenvalue weighted by atomic mass is 10.1. The van der Waals surface area contributed by atoms with Gasteiger partial charge in [-0.05, 0) is 36.2 Å². The van der Waals surface area contributed by atoms with Crippen LogP contribution in [0.4, 0.5) is 10.1 Å². The molecule has 1 N–H and O–H groups in total. The third kappa shape index (κ3) is 5.00. The van der Waals surface area contributed by atoms with Crippen LogP contribution in [0.3, 0.4) is 0 Å². The number of ether oxygens (including phenoxy) is 1. The van der Waals surface area contributed by atoms with Gasteiger partial charge in [0, 0.05) is 17.6 Å². The van der Waals surface area contributed by atoms with Gasteiger partial charge < -0.3 is 10.1 Å². The number of nitrogens with zero attached hydrogens (tertiary/aromatic N) is 1. The average molecular weight is 381 g/mol. The van der Waals surface area contributed by atoms with E-state index >= 15 is 0 Å². The molecule has 0 saturated carbocycles. The predicted molar refractivity (Wildman–Crippen MR) is 91.4 cm³/mol. The Labute approximate surface area is 152 Å². The number of nitro benzene ring substituents is 1. The summed E-state index contributed by atoms with van der Waals surface area (Å²) in [6.07, 6.45) is 0. The molecule has 0 aliphatic carbocycles. The van der Waals surface area contributed by atoms with Crippen LogP contribution in [0.2, 0.25) is 5.02 Å². The maximum Gasteiger partial charge on any atom is 0.345 e. The second kappa shape index (κ2) is 8.39. The lowest BCUT2D eigenvalue weighted by Gasteiger charge is -2.08. The van der Waals surface area contributed by atoms with E-state index in [9.17, 15) is 24.1 Å². The average Bonchev–Trinajstić information content (AvgIpc) is 2.60. The molecule has 0 aromatic heterocycles. The molecule has 0 aliphatic rings. The SMILES string of the molecule is Cc1ccc(CNC(=O)COC(=O)c2cc(Cl)ccc2[N+](=O)[O-])cc1F. The second-order valence-electron chi connectivity index (χ2n) is 5.35. The Morgan fingerprint density at radius 2 is 2.00 bits per heavy atom. The number of carbonyl (C=O) groups excluding carboxylic acids is 2. The Hall–Kier alpha value is -3.00. The fraction of sp³-hybridized carbons (Fsp3) is 0.176. The molecule has 26 heavy (non-hydrogen) atoms. The molecule has 0 aliphatic heterocycles. The number of benzene rings is 2. The smallest absolute Gasteiger partial charge is 0.345 e. The number of esters is 1. The van der Waals surface area contributed by atoms with E-state index in [-0.39, 0.29) is 17.1 Å². The topological polar surface area (TPSA) is 98.5 Å². The molecule has 0 bridgehead atoms. The summed E-state index contributed by atoms with van der Waals surface area (Å²) in [4.78, 5) is 33.9. The lowest BCUT2D eigenvalue weighted by Crippen LogP contribution is -2.28. The molecule has 9 heteroatoms. The molecule has 7 nitrogen and oxygen atoms in total. The van der Waals surface area contributed by atoms with Crippen molar-refractivity contribution in [2.45, 2.75) is 13.5 Å². The number of nitro groups is 1. The van der Waals surface area contributed by atoms with Gasteiger partial charge in [0.1, 0.15) is 11.4 Å². The van der Waals surface area contributed by atoms with Gasteiger partial charge in [0.15, 0.2) is 6.61 Å². The summed E-state index contributed by atoms with van der Waals surface area (Å²) in [5.41, 5.74) is 0.196. The molecule has 2 rings (SSSR count). The highest BCUT2D eigenvalue weighted by atomic mass is 35.5. The molecule has 0 radical (unpaired) electrons. The highest BCUT2D eigenvalue weighted by molar-refractivity contribution is 6.31. The second-order valence-corrected chi connectivity index (χ2v) is 5.79. The minimum absolute atomic E-state index is 0.0465. The zero-order chi connectivity index (χ0) is 19.3. The first-order valence-corrected chi connectivity index (χ1v) is 7.78. The minimum atomic E-state index is -1.05. The standard InChI is InChI=1S/C17H14ClFN2O5/c1-10-2-3-11(6-14(10)19)8-20-16(22)9-26-17(23)13-7-12(18)4-5-15(13)21(24)25/h2-7H,8-9H2,1H3,(H,20,22). The van der Waals surface area contributed by atoms with Crippen LogP contribution in [0.5, 0.6) is 0 Å². The van der Waals surface area contributed by atoms with E-state index in [1.54, 1.807) is 19.1 Å². The maximum atomic E-state index is 13.4. The Morgan fingerprint density at radius 3 is 2.65 bits per heavy atom. The van der Waals surface area contributed by atoms with Crippen molar-refractivity contribution < 1.29 is 23.6 Å².